The zero-order valence-electron chi connectivity index (χ0n) is 19.2. The van der Waals surface area contributed by atoms with Gasteiger partial charge in [-0.2, -0.15) is 12.6 Å². The Labute approximate surface area is 195 Å². The number of benzene rings is 1. The summed E-state index contributed by atoms with van der Waals surface area (Å²) < 4.78 is 4.59. The third kappa shape index (κ3) is 10.2. The van der Waals surface area contributed by atoms with Crippen molar-refractivity contribution in [3.05, 3.63) is 35.9 Å². The lowest BCUT2D eigenvalue weighted by Crippen LogP contribution is -2.55. The molecule has 3 atom stereocenters. The second-order valence-electron chi connectivity index (χ2n) is 8.04. The van der Waals surface area contributed by atoms with Gasteiger partial charge in [-0.1, -0.05) is 44.2 Å². The fourth-order valence-electron chi connectivity index (χ4n) is 3.15. The van der Waals surface area contributed by atoms with Crippen LogP contribution in [0, 0.1) is 5.92 Å². The molecule has 3 N–H and O–H groups in total. The quantitative estimate of drug-likeness (QED) is 0.261. The van der Waals surface area contributed by atoms with Crippen LogP contribution in [-0.2, 0) is 30.3 Å². The van der Waals surface area contributed by atoms with Crippen molar-refractivity contribution < 1.29 is 23.9 Å². The van der Waals surface area contributed by atoms with Gasteiger partial charge in [-0.3, -0.25) is 19.2 Å². The maximum Gasteiger partial charge on any atom is 0.305 e. The smallest absolute Gasteiger partial charge is 0.305 e. The van der Waals surface area contributed by atoms with Crippen LogP contribution in [-0.4, -0.2) is 55.2 Å². The molecule has 1 aromatic rings. The Morgan fingerprint density at radius 3 is 2.16 bits per heavy atom. The fraction of sp³-hybridized carbons (Fsp3) is 0.565. The molecule has 0 radical (unpaired) electrons. The molecular weight excluding hydrogens is 430 g/mol. The summed E-state index contributed by atoms with van der Waals surface area (Å²) in [6, 6.07) is 7.81. The Bertz CT molecular complexity index is 757. The maximum absolute atomic E-state index is 13.0. The molecule has 1 aromatic carbocycles. The van der Waals surface area contributed by atoms with E-state index in [-0.39, 0.29) is 24.2 Å². The van der Waals surface area contributed by atoms with Crippen molar-refractivity contribution in [1.82, 2.24) is 16.0 Å². The monoisotopic (exact) mass is 465 g/mol. The van der Waals surface area contributed by atoms with E-state index in [4.69, 9.17) is 0 Å². The second-order valence-corrected chi connectivity index (χ2v) is 8.66. The maximum atomic E-state index is 13.0. The van der Waals surface area contributed by atoms with E-state index in [2.05, 4.69) is 33.3 Å². The Morgan fingerprint density at radius 1 is 0.969 bits per heavy atom. The molecule has 0 aliphatic carbocycles. The summed E-state index contributed by atoms with van der Waals surface area (Å²) in [5.41, 5.74) is 0.909. The van der Waals surface area contributed by atoms with Crippen molar-refractivity contribution >= 4 is 36.3 Å². The SMILES string of the molecule is CNC(=O)[C@H](Cc1ccccc1)NC(=O)C(CC(C)C)NC(=O)C(S)CCCC(=O)OC. The fourth-order valence-corrected chi connectivity index (χ4v) is 3.41. The van der Waals surface area contributed by atoms with E-state index in [0.717, 1.165) is 5.56 Å². The van der Waals surface area contributed by atoms with Crippen molar-refractivity contribution in [2.45, 2.75) is 63.3 Å². The van der Waals surface area contributed by atoms with Gasteiger partial charge in [0, 0.05) is 19.9 Å². The number of methoxy groups -OCH3 is 1. The third-order valence-electron chi connectivity index (χ3n) is 4.89. The molecule has 3 amide bonds. The van der Waals surface area contributed by atoms with Gasteiger partial charge in [-0.05, 0) is 30.7 Å². The first-order valence-corrected chi connectivity index (χ1v) is 11.3. The van der Waals surface area contributed by atoms with Crippen LogP contribution in [0.15, 0.2) is 30.3 Å². The Balaban J connectivity index is 2.80. The lowest BCUT2D eigenvalue weighted by atomic mass is 10.0. The van der Waals surface area contributed by atoms with Gasteiger partial charge in [-0.25, -0.2) is 0 Å². The lowest BCUT2D eigenvalue weighted by Gasteiger charge is -2.25. The molecule has 0 heterocycles. The van der Waals surface area contributed by atoms with Gasteiger partial charge in [0.25, 0.3) is 0 Å². The number of ether oxygens (including phenoxy) is 1. The largest absolute Gasteiger partial charge is 0.469 e. The standard InChI is InChI=1S/C23H35N3O5S/c1-15(2)13-17(26-23(30)19(32)11-8-12-20(27)31-4)22(29)25-18(21(28)24-3)14-16-9-6-5-7-10-16/h5-7,9-10,15,17-19,32H,8,11-14H2,1-4H3,(H,24,28)(H,25,29)(H,26,30)/t17?,18-,19?/m0/s1. The molecule has 0 saturated heterocycles. The van der Waals surface area contributed by atoms with E-state index in [1.165, 1.54) is 14.2 Å². The Hall–Kier alpha value is -2.55. The van der Waals surface area contributed by atoms with Gasteiger partial charge in [0.15, 0.2) is 0 Å². The lowest BCUT2D eigenvalue weighted by molar-refractivity contribution is -0.140. The summed E-state index contributed by atoms with van der Waals surface area (Å²) >= 11 is 4.31. The molecule has 0 aliphatic heterocycles. The van der Waals surface area contributed by atoms with Gasteiger partial charge in [0.2, 0.25) is 17.7 Å². The summed E-state index contributed by atoms with van der Waals surface area (Å²) in [4.78, 5) is 49.2. The van der Waals surface area contributed by atoms with E-state index < -0.39 is 29.1 Å². The van der Waals surface area contributed by atoms with Crippen molar-refractivity contribution in [2.75, 3.05) is 14.2 Å². The van der Waals surface area contributed by atoms with E-state index >= 15 is 0 Å². The Kier molecular flexibility index (Phi) is 12.5. The molecule has 9 heteroatoms. The molecule has 2 unspecified atom stereocenters. The highest BCUT2D eigenvalue weighted by Crippen LogP contribution is 2.12. The highest BCUT2D eigenvalue weighted by molar-refractivity contribution is 7.81. The molecule has 0 saturated carbocycles. The summed E-state index contributed by atoms with van der Waals surface area (Å²) in [6.07, 6.45) is 1.76. The van der Waals surface area contributed by atoms with Gasteiger partial charge >= 0.3 is 5.97 Å². The van der Waals surface area contributed by atoms with Crippen LogP contribution in [0.3, 0.4) is 0 Å². The summed E-state index contributed by atoms with van der Waals surface area (Å²) in [5.74, 6) is -1.34. The average Bonchev–Trinajstić information content (AvgIpc) is 2.77. The number of rotatable bonds is 13. The normalized spacial score (nSPS) is 13.6. The van der Waals surface area contributed by atoms with E-state index in [1.807, 2.05) is 44.2 Å². The van der Waals surface area contributed by atoms with Crippen LogP contribution in [0.25, 0.3) is 0 Å². The molecule has 0 aliphatic rings. The van der Waals surface area contributed by atoms with Gasteiger partial charge in [-0.15, -0.1) is 0 Å². The minimum Gasteiger partial charge on any atom is -0.469 e. The van der Waals surface area contributed by atoms with E-state index in [9.17, 15) is 19.2 Å². The minimum absolute atomic E-state index is 0.135. The molecule has 0 aromatic heterocycles. The predicted octanol–water partition coefficient (Wildman–Crippen LogP) is 1.63. The number of amides is 3. The molecule has 0 spiro atoms. The number of esters is 1. The highest BCUT2D eigenvalue weighted by Gasteiger charge is 2.28. The topological polar surface area (TPSA) is 114 Å². The van der Waals surface area contributed by atoms with Gasteiger partial charge in [0.1, 0.15) is 12.1 Å². The first-order valence-electron chi connectivity index (χ1n) is 10.8. The number of nitrogens with one attached hydrogen (secondary N) is 3. The first-order chi connectivity index (χ1) is 15.2. The third-order valence-corrected chi connectivity index (χ3v) is 5.38. The van der Waals surface area contributed by atoms with Crippen molar-refractivity contribution in [2.24, 2.45) is 5.92 Å². The van der Waals surface area contributed by atoms with E-state index in [1.54, 1.807) is 0 Å². The zero-order chi connectivity index (χ0) is 24.1. The van der Waals surface area contributed by atoms with Crippen molar-refractivity contribution in [1.29, 1.82) is 0 Å². The van der Waals surface area contributed by atoms with Crippen molar-refractivity contribution in [3.8, 4) is 0 Å². The molecule has 8 nitrogen and oxygen atoms in total. The number of thiol groups is 1. The number of hydrogen-bond acceptors (Lipinski definition) is 6. The summed E-state index contributed by atoms with van der Waals surface area (Å²) in [6.45, 7) is 3.89. The van der Waals surface area contributed by atoms with Crippen LogP contribution in [0.1, 0.15) is 45.1 Å². The van der Waals surface area contributed by atoms with Gasteiger partial charge < -0.3 is 20.7 Å². The van der Waals surface area contributed by atoms with Crippen LogP contribution < -0.4 is 16.0 Å². The zero-order valence-corrected chi connectivity index (χ0v) is 20.1. The summed E-state index contributed by atoms with van der Waals surface area (Å²) in [5, 5.41) is 7.44. The average molecular weight is 466 g/mol. The van der Waals surface area contributed by atoms with Crippen LogP contribution >= 0.6 is 12.6 Å². The number of hydrogen-bond donors (Lipinski definition) is 4. The molecule has 1 rings (SSSR count). The highest BCUT2D eigenvalue weighted by atomic mass is 32.1. The van der Waals surface area contributed by atoms with Gasteiger partial charge in [0.05, 0.1) is 12.4 Å². The number of likely N-dealkylation sites (N-methyl/N-ethyl adjacent to an activating group) is 1. The summed E-state index contributed by atoms with van der Waals surface area (Å²) in [7, 11) is 2.83. The van der Waals surface area contributed by atoms with Crippen LogP contribution in [0.2, 0.25) is 0 Å². The molecular formula is C23H35N3O5S. The molecule has 0 fully saturated rings. The van der Waals surface area contributed by atoms with Crippen LogP contribution in [0.4, 0.5) is 0 Å². The molecule has 178 valence electrons. The number of carbonyl (C=O) groups is 4. The minimum atomic E-state index is -0.805. The molecule has 0 bridgehead atoms. The van der Waals surface area contributed by atoms with E-state index in [0.29, 0.717) is 25.7 Å². The van der Waals surface area contributed by atoms with Crippen molar-refractivity contribution in [3.63, 3.8) is 0 Å². The van der Waals surface area contributed by atoms with Crippen LogP contribution in [0.5, 0.6) is 0 Å². The second kappa shape index (κ2) is 14.5. The first kappa shape index (κ1) is 27.5. The molecule has 32 heavy (non-hydrogen) atoms. The number of carbonyl (C=O) groups excluding carboxylic acids is 4. The Morgan fingerprint density at radius 2 is 1.59 bits per heavy atom. The predicted molar refractivity (Wildman–Crippen MR) is 126 cm³/mol.